The summed E-state index contributed by atoms with van der Waals surface area (Å²) in [6.07, 6.45) is 0. The van der Waals surface area contributed by atoms with Crippen LogP contribution in [0.15, 0.2) is 24.3 Å². The van der Waals surface area contributed by atoms with E-state index < -0.39 is 0 Å². The number of halogens is 1. The molecule has 0 radical (unpaired) electrons. The Labute approximate surface area is 110 Å². The van der Waals surface area contributed by atoms with E-state index in [9.17, 15) is 0 Å². The molecule has 1 aromatic heterocycles. The lowest BCUT2D eigenvalue weighted by molar-refractivity contribution is 0.275. The van der Waals surface area contributed by atoms with Crippen LogP contribution in [0.4, 0.5) is 0 Å². The van der Waals surface area contributed by atoms with E-state index in [0.717, 1.165) is 11.4 Å². The van der Waals surface area contributed by atoms with Crippen molar-refractivity contribution in [1.82, 2.24) is 15.0 Å². The van der Waals surface area contributed by atoms with E-state index in [2.05, 4.69) is 10.3 Å². The molecule has 0 spiro atoms. The van der Waals surface area contributed by atoms with Gasteiger partial charge in [0, 0.05) is 5.02 Å². The fourth-order valence-electron chi connectivity index (χ4n) is 1.54. The predicted molar refractivity (Wildman–Crippen MR) is 67.6 cm³/mol. The normalized spacial score (nSPS) is 10.6. The van der Waals surface area contributed by atoms with E-state index in [1.807, 2.05) is 19.1 Å². The van der Waals surface area contributed by atoms with E-state index >= 15 is 0 Å². The third-order valence-corrected chi connectivity index (χ3v) is 2.87. The van der Waals surface area contributed by atoms with Gasteiger partial charge in [-0.15, -0.1) is 5.10 Å². The molecule has 2 aromatic rings. The van der Waals surface area contributed by atoms with Crippen molar-refractivity contribution in [3.63, 3.8) is 0 Å². The topological polar surface area (TPSA) is 60.2 Å². The molecule has 0 atom stereocenters. The Morgan fingerprint density at radius 1 is 1.33 bits per heavy atom. The number of hydrogen-bond acceptors (Lipinski definition) is 4. The molecule has 5 nitrogen and oxygen atoms in total. The Kier molecular flexibility index (Phi) is 4.17. The molecule has 6 heteroatoms. The summed E-state index contributed by atoms with van der Waals surface area (Å²) in [6.45, 7) is 2.84. The molecule has 0 aliphatic rings. The minimum absolute atomic E-state index is 0.0934. The summed E-state index contributed by atoms with van der Waals surface area (Å²) in [5.41, 5.74) is 1.46. The first kappa shape index (κ1) is 12.9. The average Bonchev–Trinajstić information content (AvgIpc) is 2.73. The van der Waals surface area contributed by atoms with Crippen LogP contribution < -0.4 is 4.74 Å². The van der Waals surface area contributed by atoms with Gasteiger partial charge in [0.05, 0.1) is 18.8 Å². The van der Waals surface area contributed by atoms with Crippen LogP contribution in [0.5, 0.6) is 5.75 Å². The Bertz CT molecular complexity index is 511. The molecule has 0 aliphatic carbocycles. The number of rotatable bonds is 5. The Balaban J connectivity index is 1.88. The number of aliphatic hydroxyl groups excluding tert-OH is 1. The van der Waals surface area contributed by atoms with Crippen molar-refractivity contribution < 1.29 is 9.84 Å². The van der Waals surface area contributed by atoms with Gasteiger partial charge in [-0.05, 0) is 31.2 Å². The lowest BCUT2D eigenvalue weighted by Crippen LogP contribution is -2.11. The van der Waals surface area contributed by atoms with E-state index in [1.165, 1.54) is 0 Å². The number of hydrogen-bond donors (Lipinski definition) is 1. The van der Waals surface area contributed by atoms with Crippen LogP contribution in [-0.2, 0) is 13.2 Å². The molecule has 0 aliphatic heterocycles. The van der Waals surface area contributed by atoms with E-state index in [0.29, 0.717) is 23.9 Å². The smallest absolute Gasteiger partial charge is 0.119 e. The number of aliphatic hydroxyl groups is 1. The zero-order valence-corrected chi connectivity index (χ0v) is 10.8. The molecule has 1 N–H and O–H groups in total. The molecule has 0 bridgehead atoms. The van der Waals surface area contributed by atoms with Crippen LogP contribution in [0.1, 0.15) is 11.4 Å². The second-order valence-corrected chi connectivity index (χ2v) is 4.24. The average molecular weight is 268 g/mol. The van der Waals surface area contributed by atoms with Crippen molar-refractivity contribution in [3.05, 3.63) is 40.7 Å². The molecule has 0 fully saturated rings. The lowest BCUT2D eigenvalue weighted by atomic mass is 10.3. The highest BCUT2D eigenvalue weighted by Gasteiger charge is 2.06. The number of nitrogens with zero attached hydrogens (tertiary/aromatic N) is 3. The fourth-order valence-corrected chi connectivity index (χ4v) is 1.66. The van der Waals surface area contributed by atoms with Crippen molar-refractivity contribution in [2.24, 2.45) is 0 Å². The minimum Gasteiger partial charge on any atom is -0.492 e. The fraction of sp³-hybridized carbons (Fsp3) is 0.333. The Hall–Kier alpha value is -1.59. The van der Waals surface area contributed by atoms with Crippen LogP contribution in [0.25, 0.3) is 0 Å². The molecule has 0 amide bonds. The van der Waals surface area contributed by atoms with Gasteiger partial charge in [-0.1, -0.05) is 16.8 Å². The first-order chi connectivity index (χ1) is 8.70. The van der Waals surface area contributed by atoms with Crippen molar-refractivity contribution in [2.75, 3.05) is 6.61 Å². The van der Waals surface area contributed by atoms with Crippen molar-refractivity contribution in [1.29, 1.82) is 0 Å². The van der Waals surface area contributed by atoms with E-state index in [4.69, 9.17) is 21.4 Å². The van der Waals surface area contributed by atoms with Gasteiger partial charge < -0.3 is 9.84 Å². The second-order valence-electron chi connectivity index (χ2n) is 3.81. The largest absolute Gasteiger partial charge is 0.492 e. The van der Waals surface area contributed by atoms with Gasteiger partial charge in [0.15, 0.2) is 0 Å². The lowest BCUT2D eigenvalue weighted by Gasteiger charge is -2.07. The molecule has 2 rings (SSSR count). The molecule has 18 heavy (non-hydrogen) atoms. The maximum absolute atomic E-state index is 9.00. The van der Waals surface area contributed by atoms with Gasteiger partial charge >= 0.3 is 0 Å². The number of ether oxygens (including phenoxy) is 1. The summed E-state index contributed by atoms with van der Waals surface area (Å²) in [7, 11) is 0. The number of benzene rings is 1. The minimum atomic E-state index is -0.0934. The first-order valence-corrected chi connectivity index (χ1v) is 5.96. The van der Waals surface area contributed by atoms with Crippen LogP contribution in [0.2, 0.25) is 5.02 Å². The molecule has 1 heterocycles. The molecule has 96 valence electrons. The summed E-state index contributed by atoms with van der Waals surface area (Å²) in [5.74, 6) is 0.763. The summed E-state index contributed by atoms with van der Waals surface area (Å²) in [5, 5.41) is 17.5. The van der Waals surface area contributed by atoms with Crippen molar-refractivity contribution in [3.8, 4) is 5.75 Å². The van der Waals surface area contributed by atoms with Gasteiger partial charge in [0.2, 0.25) is 0 Å². The zero-order chi connectivity index (χ0) is 13.0. The Morgan fingerprint density at radius 3 is 2.67 bits per heavy atom. The van der Waals surface area contributed by atoms with Gasteiger partial charge in [0.25, 0.3) is 0 Å². The van der Waals surface area contributed by atoms with Gasteiger partial charge in [-0.2, -0.15) is 0 Å². The van der Waals surface area contributed by atoms with Crippen LogP contribution >= 0.6 is 11.6 Å². The molecular weight excluding hydrogens is 254 g/mol. The summed E-state index contributed by atoms with van der Waals surface area (Å²) < 4.78 is 7.26. The predicted octanol–water partition coefficient (Wildman–Crippen LogP) is 1.81. The summed E-state index contributed by atoms with van der Waals surface area (Å²) in [4.78, 5) is 0. The molecular formula is C12H14ClN3O2. The van der Waals surface area contributed by atoms with Crippen molar-refractivity contribution in [2.45, 2.75) is 20.1 Å². The van der Waals surface area contributed by atoms with Crippen LogP contribution in [0, 0.1) is 6.92 Å². The maximum atomic E-state index is 9.00. The van der Waals surface area contributed by atoms with E-state index in [1.54, 1.807) is 16.8 Å². The molecule has 1 aromatic carbocycles. The summed E-state index contributed by atoms with van der Waals surface area (Å²) in [6, 6.07) is 7.19. The SMILES string of the molecule is Cc1c(CO)nnn1CCOc1ccc(Cl)cc1. The monoisotopic (exact) mass is 267 g/mol. The molecule has 0 unspecified atom stereocenters. The first-order valence-electron chi connectivity index (χ1n) is 5.59. The molecule has 0 saturated heterocycles. The summed E-state index contributed by atoms with van der Waals surface area (Å²) >= 11 is 5.78. The van der Waals surface area contributed by atoms with Crippen LogP contribution in [-0.4, -0.2) is 26.7 Å². The second kappa shape index (κ2) is 5.84. The highest BCUT2D eigenvalue weighted by molar-refractivity contribution is 6.30. The maximum Gasteiger partial charge on any atom is 0.119 e. The van der Waals surface area contributed by atoms with E-state index in [-0.39, 0.29) is 6.61 Å². The quantitative estimate of drug-likeness (QED) is 0.898. The van der Waals surface area contributed by atoms with Gasteiger partial charge in [-0.25, -0.2) is 4.68 Å². The van der Waals surface area contributed by atoms with Gasteiger partial charge in [0.1, 0.15) is 18.1 Å². The standard InChI is InChI=1S/C12H14ClN3O2/c1-9-12(8-17)14-15-16(9)6-7-18-11-4-2-10(13)3-5-11/h2-5,17H,6-8H2,1H3. The zero-order valence-electron chi connectivity index (χ0n) is 10.0. The third kappa shape index (κ3) is 3.00. The Morgan fingerprint density at radius 2 is 2.06 bits per heavy atom. The highest BCUT2D eigenvalue weighted by atomic mass is 35.5. The number of aromatic nitrogens is 3. The highest BCUT2D eigenvalue weighted by Crippen LogP contribution is 2.15. The van der Waals surface area contributed by atoms with Crippen molar-refractivity contribution >= 4 is 11.6 Å². The molecule has 0 saturated carbocycles. The van der Waals surface area contributed by atoms with Gasteiger partial charge in [-0.3, -0.25) is 0 Å². The van der Waals surface area contributed by atoms with Crippen LogP contribution in [0.3, 0.4) is 0 Å². The third-order valence-electron chi connectivity index (χ3n) is 2.61.